The van der Waals surface area contributed by atoms with Gasteiger partial charge in [-0.05, 0) is 68.5 Å². The van der Waals surface area contributed by atoms with Gasteiger partial charge in [0.15, 0.2) is 0 Å². The monoisotopic (exact) mass is 517 g/mol. The fourth-order valence-corrected chi connectivity index (χ4v) is 5.42. The Morgan fingerprint density at radius 3 is 2.31 bits per heavy atom. The van der Waals surface area contributed by atoms with Crippen LogP contribution in [0.15, 0.2) is 42.5 Å². The normalized spacial score (nSPS) is 15.2. The van der Waals surface area contributed by atoms with E-state index in [1.54, 1.807) is 32.0 Å². The number of carbonyl (C=O) groups is 2. The molecule has 2 aromatic carbocycles. The summed E-state index contributed by atoms with van der Waals surface area (Å²) >= 11 is 0. The van der Waals surface area contributed by atoms with Gasteiger partial charge in [0.2, 0.25) is 21.8 Å². The number of aryl methyl sites for hydroxylation is 2. The summed E-state index contributed by atoms with van der Waals surface area (Å²) in [7, 11) is -3.80. The van der Waals surface area contributed by atoms with Crippen molar-refractivity contribution in [3.8, 4) is 0 Å². The van der Waals surface area contributed by atoms with Gasteiger partial charge in [0.25, 0.3) is 0 Å². The highest BCUT2D eigenvalue weighted by Gasteiger charge is 2.31. The van der Waals surface area contributed by atoms with E-state index in [2.05, 4.69) is 5.32 Å². The molecule has 7 nitrogen and oxygen atoms in total. The highest BCUT2D eigenvalue weighted by molar-refractivity contribution is 7.92. The molecular formula is C27H36FN3O4S. The minimum Gasteiger partial charge on any atom is -0.352 e. The third-order valence-electron chi connectivity index (χ3n) is 6.70. The van der Waals surface area contributed by atoms with Crippen LogP contribution in [0.3, 0.4) is 0 Å². The minimum absolute atomic E-state index is 0.0444. The Morgan fingerprint density at radius 2 is 1.69 bits per heavy atom. The zero-order valence-corrected chi connectivity index (χ0v) is 22.3. The summed E-state index contributed by atoms with van der Waals surface area (Å²) < 4.78 is 40.1. The summed E-state index contributed by atoms with van der Waals surface area (Å²) in [5.41, 5.74) is 2.64. The summed E-state index contributed by atoms with van der Waals surface area (Å²) in [6, 6.07) is 10.3. The third kappa shape index (κ3) is 7.29. The standard InChI is InChI=1S/C27H36FN3O4S/c1-19-10-11-20(2)25(16-19)31(36(4,34)35)18-26(32)30(17-22-12-14-23(28)15-13-22)21(3)27(33)29-24-8-6-5-7-9-24/h10-16,21,24H,5-9,17-18H2,1-4H3,(H,29,33)/t21-/m0/s1. The molecule has 1 aliphatic rings. The third-order valence-corrected chi connectivity index (χ3v) is 7.82. The number of carbonyl (C=O) groups excluding carboxylic acids is 2. The maximum Gasteiger partial charge on any atom is 0.244 e. The minimum atomic E-state index is -3.80. The highest BCUT2D eigenvalue weighted by atomic mass is 32.2. The highest BCUT2D eigenvalue weighted by Crippen LogP contribution is 2.25. The van der Waals surface area contributed by atoms with Crippen LogP contribution in [-0.2, 0) is 26.2 Å². The van der Waals surface area contributed by atoms with Crippen molar-refractivity contribution in [3.05, 3.63) is 65.0 Å². The van der Waals surface area contributed by atoms with Crippen molar-refractivity contribution in [2.75, 3.05) is 17.1 Å². The molecule has 2 aromatic rings. The molecule has 0 radical (unpaired) electrons. The Morgan fingerprint density at radius 1 is 1.06 bits per heavy atom. The Labute approximate surface area is 213 Å². The molecule has 0 aromatic heterocycles. The molecule has 0 aliphatic heterocycles. The maximum atomic E-state index is 13.6. The largest absolute Gasteiger partial charge is 0.352 e. The van der Waals surface area contributed by atoms with E-state index in [1.807, 2.05) is 19.1 Å². The van der Waals surface area contributed by atoms with Crippen LogP contribution in [0, 0.1) is 19.7 Å². The van der Waals surface area contributed by atoms with Crippen LogP contribution >= 0.6 is 0 Å². The second kappa shape index (κ2) is 11.9. The number of hydrogen-bond donors (Lipinski definition) is 1. The molecule has 0 bridgehead atoms. The first-order valence-electron chi connectivity index (χ1n) is 12.3. The average Bonchev–Trinajstić information content (AvgIpc) is 2.83. The van der Waals surface area contributed by atoms with Crippen LogP contribution in [0.5, 0.6) is 0 Å². The molecule has 0 unspecified atom stereocenters. The predicted octanol–water partition coefficient (Wildman–Crippen LogP) is 4.07. The molecule has 9 heteroatoms. The van der Waals surface area contributed by atoms with Crippen LogP contribution in [0.1, 0.15) is 55.7 Å². The lowest BCUT2D eigenvalue weighted by Crippen LogP contribution is -2.53. The number of benzene rings is 2. The van der Waals surface area contributed by atoms with Crippen molar-refractivity contribution in [2.24, 2.45) is 0 Å². The summed E-state index contributed by atoms with van der Waals surface area (Å²) in [5.74, 6) is -1.20. The van der Waals surface area contributed by atoms with Gasteiger partial charge in [0.05, 0.1) is 11.9 Å². The topological polar surface area (TPSA) is 86.8 Å². The van der Waals surface area contributed by atoms with Crippen LogP contribution in [0.2, 0.25) is 0 Å². The Balaban J connectivity index is 1.89. The van der Waals surface area contributed by atoms with Crippen LogP contribution < -0.4 is 9.62 Å². The van der Waals surface area contributed by atoms with Gasteiger partial charge in [-0.3, -0.25) is 13.9 Å². The van der Waals surface area contributed by atoms with Gasteiger partial charge in [-0.1, -0.05) is 43.5 Å². The predicted molar refractivity (Wildman–Crippen MR) is 140 cm³/mol. The van der Waals surface area contributed by atoms with E-state index in [9.17, 15) is 22.4 Å². The second-order valence-electron chi connectivity index (χ2n) is 9.73. The van der Waals surface area contributed by atoms with Gasteiger partial charge in [-0.25, -0.2) is 12.8 Å². The van der Waals surface area contributed by atoms with Crippen LogP contribution in [0.4, 0.5) is 10.1 Å². The van der Waals surface area contributed by atoms with E-state index in [0.29, 0.717) is 16.8 Å². The number of sulfonamides is 1. The van der Waals surface area contributed by atoms with E-state index < -0.39 is 34.3 Å². The zero-order valence-electron chi connectivity index (χ0n) is 21.5. The molecule has 36 heavy (non-hydrogen) atoms. The molecule has 1 N–H and O–H groups in total. The van der Waals surface area contributed by atoms with Crippen LogP contribution in [-0.4, -0.2) is 50.0 Å². The number of amides is 2. The number of nitrogens with one attached hydrogen (secondary N) is 1. The molecule has 1 saturated carbocycles. The van der Waals surface area contributed by atoms with Crippen molar-refractivity contribution in [1.29, 1.82) is 0 Å². The Bertz CT molecular complexity index is 1180. The van der Waals surface area contributed by atoms with E-state index in [0.717, 1.165) is 48.2 Å². The first-order chi connectivity index (χ1) is 17.0. The fourth-order valence-electron chi connectivity index (χ4n) is 4.52. The van der Waals surface area contributed by atoms with Crippen molar-refractivity contribution >= 4 is 27.5 Å². The first-order valence-corrected chi connectivity index (χ1v) is 14.2. The second-order valence-corrected chi connectivity index (χ2v) is 11.6. The Hall–Kier alpha value is -2.94. The number of rotatable bonds is 9. The van der Waals surface area contributed by atoms with E-state index in [-0.39, 0.29) is 18.5 Å². The first kappa shape index (κ1) is 27.6. The van der Waals surface area contributed by atoms with Crippen LogP contribution in [0.25, 0.3) is 0 Å². The van der Waals surface area contributed by atoms with Crippen molar-refractivity contribution in [3.63, 3.8) is 0 Å². The number of anilines is 1. The van der Waals surface area contributed by atoms with Gasteiger partial charge < -0.3 is 10.2 Å². The lowest BCUT2D eigenvalue weighted by Gasteiger charge is -2.33. The molecule has 0 heterocycles. The summed E-state index contributed by atoms with van der Waals surface area (Å²) in [4.78, 5) is 28.2. The molecule has 0 spiro atoms. The van der Waals surface area contributed by atoms with Crippen molar-refractivity contribution < 1.29 is 22.4 Å². The molecule has 1 atom stereocenters. The number of halogens is 1. The molecule has 0 saturated heterocycles. The SMILES string of the molecule is Cc1ccc(C)c(N(CC(=O)N(Cc2ccc(F)cc2)[C@@H](C)C(=O)NC2CCCCC2)S(C)(=O)=O)c1. The van der Waals surface area contributed by atoms with E-state index >= 15 is 0 Å². The number of nitrogens with zero attached hydrogens (tertiary/aromatic N) is 2. The summed E-state index contributed by atoms with van der Waals surface area (Å²) in [5, 5.41) is 3.06. The lowest BCUT2D eigenvalue weighted by molar-refractivity contribution is -0.139. The molecule has 196 valence electrons. The molecule has 2 amide bonds. The molecule has 1 aliphatic carbocycles. The molecule has 1 fully saturated rings. The zero-order chi connectivity index (χ0) is 26.5. The van der Waals surface area contributed by atoms with Gasteiger partial charge in [0, 0.05) is 12.6 Å². The van der Waals surface area contributed by atoms with E-state index in [1.165, 1.54) is 17.0 Å². The summed E-state index contributed by atoms with van der Waals surface area (Å²) in [6.45, 7) is 4.87. The summed E-state index contributed by atoms with van der Waals surface area (Å²) in [6.07, 6.45) is 6.12. The van der Waals surface area contributed by atoms with E-state index in [4.69, 9.17) is 0 Å². The number of hydrogen-bond acceptors (Lipinski definition) is 4. The maximum absolute atomic E-state index is 13.6. The fraction of sp³-hybridized carbons (Fsp3) is 0.481. The van der Waals surface area contributed by atoms with Gasteiger partial charge in [0.1, 0.15) is 18.4 Å². The van der Waals surface area contributed by atoms with Gasteiger partial charge in [-0.15, -0.1) is 0 Å². The quantitative estimate of drug-likeness (QED) is 0.543. The van der Waals surface area contributed by atoms with Crippen molar-refractivity contribution in [1.82, 2.24) is 10.2 Å². The molecular weight excluding hydrogens is 481 g/mol. The Kier molecular flexibility index (Phi) is 9.11. The smallest absolute Gasteiger partial charge is 0.244 e. The van der Waals surface area contributed by atoms with Gasteiger partial charge in [-0.2, -0.15) is 0 Å². The lowest BCUT2D eigenvalue weighted by atomic mass is 9.95. The molecule has 3 rings (SSSR count). The van der Waals surface area contributed by atoms with Crippen molar-refractivity contribution in [2.45, 2.75) is 71.5 Å². The average molecular weight is 518 g/mol. The van der Waals surface area contributed by atoms with Gasteiger partial charge >= 0.3 is 0 Å².